The fraction of sp³-hybridized carbons (Fsp3) is 0.556. The molecule has 1 saturated heterocycles. The zero-order chi connectivity index (χ0) is 18.1. The number of aromatic amines is 1. The van der Waals surface area contributed by atoms with E-state index < -0.39 is 58.5 Å². The van der Waals surface area contributed by atoms with Gasteiger partial charge in [-0.3, -0.25) is 23.8 Å². The summed E-state index contributed by atoms with van der Waals surface area (Å²) in [6.45, 7) is -0.788. The fourth-order valence-corrected chi connectivity index (χ4v) is 3.23. The summed E-state index contributed by atoms with van der Waals surface area (Å²) in [7, 11) is -8.28. The van der Waals surface area contributed by atoms with E-state index in [9.17, 15) is 28.9 Å². The second kappa shape index (κ2) is 7.31. The third-order valence-corrected chi connectivity index (χ3v) is 4.90. The normalized spacial score (nSPS) is 30.1. The van der Waals surface area contributed by atoms with Gasteiger partial charge < -0.3 is 14.9 Å². The van der Waals surface area contributed by atoms with E-state index in [-0.39, 0.29) is 0 Å². The lowest BCUT2D eigenvalue weighted by molar-refractivity contribution is -0.0540. The van der Waals surface area contributed by atoms with Gasteiger partial charge in [0, 0.05) is 16.8 Å². The quantitative estimate of drug-likeness (QED) is 0.336. The van der Waals surface area contributed by atoms with Crippen LogP contribution in [0.1, 0.15) is 6.23 Å². The van der Waals surface area contributed by atoms with Gasteiger partial charge in [0.15, 0.2) is 6.23 Å². The van der Waals surface area contributed by atoms with Crippen LogP contribution in [0.4, 0.5) is 0 Å². The molecule has 1 aliphatic heterocycles. The van der Waals surface area contributed by atoms with Crippen molar-refractivity contribution < 1.29 is 42.7 Å². The molecule has 15 heteroatoms. The molecule has 2 rings (SSSR count). The highest BCUT2D eigenvalue weighted by molar-refractivity contribution is 7.55. The molecule has 1 aliphatic rings. The Morgan fingerprint density at radius 2 is 2.04 bits per heavy atom. The molecule has 1 aromatic heterocycles. The number of phosphoric acid groups is 1. The van der Waals surface area contributed by atoms with Crippen molar-refractivity contribution in [1.29, 1.82) is 0 Å². The Morgan fingerprint density at radius 3 is 2.62 bits per heavy atom. The molecule has 0 aromatic carbocycles. The zero-order valence-electron chi connectivity index (χ0n) is 11.7. The van der Waals surface area contributed by atoms with Gasteiger partial charge in [-0.15, -0.1) is 4.89 Å². The minimum Gasteiger partial charge on any atom is -0.387 e. The van der Waals surface area contributed by atoms with Gasteiger partial charge >= 0.3 is 21.8 Å². The molecular formula is C9H13N2O11P2+. The molecule has 0 bridgehead atoms. The molecule has 0 aliphatic carbocycles. The first kappa shape index (κ1) is 19.1. The summed E-state index contributed by atoms with van der Waals surface area (Å²) >= 11 is 0. The standard InChI is InChI=1S/C9H12N2O11P2/c12-5-1-2-11(9(15)10-5)8-7(14)6(13)4(21-8)3-20-24(18,19)22-23(16)17/h1-2,4,6-8,13-14H,3H2,(H2-,10,12,15,16,17,18,19)/p+1/t4-,6?,7+,8-/m1/s1. The molecule has 2 heterocycles. The number of aromatic nitrogens is 2. The first-order valence-electron chi connectivity index (χ1n) is 6.27. The summed E-state index contributed by atoms with van der Waals surface area (Å²) in [4.78, 5) is 42.1. The Balaban J connectivity index is 2.10. The van der Waals surface area contributed by atoms with Gasteiger partial charge in [-0.2, -0.15) is 0 Å². The second-order valence-corrected chi connectivity index (χ2v) is 6.97. The zero-order valence-corrected chi connectivity index (χ0v) is 13.4. The van der Waals surface area contributed by atoms with E-state index in [0.29, 0.717) is 0 Å². The van der Waals surface area contributed by atoms with E-state index in [1.807, 2.05) is 4.98 Å². The topological polar surface area (TPSA) is 198 Å². The SMILES string of the molecule is O=c1ccn([C@@H]2O[C@H](COP(=O)(O)O[P+](=O)O)C(O)[C@@H]2O)c(=O)[nH]1. The van der Waals surface area contributed by atoms with Crippen LogP contribution in [0.15, 0.2) is 21.9 Å². The molecule has 0 spiro atoms. The monoisotopic (exact) mass is 387 g/mol. The third kappa shape index (κ3) is 4.42. The number of hydrogen-bond acceptors (Lipinski definition) is 9. The van der Waals surface area contributed by atoms with Gasteiger partial charge in [0.05, 0.1) is 6.61 Å². The average Bonchev–Trinajstić information content (AvgIpc) is 2.72. The minimum absolute atomic E-state index is 0.680. The summed E-state index contributed by atoms with van der Waals surface area (Å²) in [6, 6.07) is 0.987. The maximum absolute atomic E-state index is 11.7. The summed E-state index contributed by atoms with van der Waals surface area (Å²) in [5.41, 5.74) is -1.59. The lowest BCUT2D eigenvalue weighted by Crippen LogP contribution is -2.37. The number of nitrogens with zero attached hydrogens (tertiary/aromatic N) is 1. The van der Waals surface area contributed by atoms with E-state index in [1.165, 1.54) is 0 Å². The van der Waals surface area contributed by atoms with E-state index >= 15 is 0 Å². The maximum atomic E-state index is 11.7. The number of aliphatic hydroxyl groups excluding tert-OH is 2. The van der Waals surface area contributed by atoms with Gasteiger partial charge in [0.25, 0.3) is 5.56 Å². The first-order chi connectivity index (χ1) is 11.1. The predicted octanol–water partition coefficient (Wildman–Crippen LogP) is -2.06. The smallest absolute Gasteiger partial charge is 0.387 e. The number of phosphoric ester groups is 1. The van der Waals surface area contributed by atoms with Crippen LogP contribution in [0.25, 0.3) is 0 Å². The highest BCUT2D eigenvalue weighted by Crippen LogP contribution is 2.51. The predicted molar refractivity (Wildman–Crippen MR) is 73.9 cm³/mol. The molecule has 6 atom stereocenters. The molecule has 0 radical (unpaired) electrons. The molecule has 134 valence electrons. The van der Waals surface area contributed by atoms with Crippen LogP contribution in [0.3, 0.4) is 0 Å². The van der Waals surface area contributed by atoms with Gasteiger partial charge in [-0.1, -0.05) is 0 Å². The van der Waals surface area contributed by atoms with Crippen LogP contribution in [-0.2, 0) is 22.7 Å². The molecule has 0 amide bonds. The Kier molecular flexibility index (Phi) is 5.81. The van der Waals surface area contributed by atoms with Crippen molar-refractivity contribution in [2.45, 2.75) is 24.5 Å². The number of rotatable bonds is 6. The van der Waals surface area contributed by atoms with Crippen LogP contribution in [0.5, 0.6) is 0 Å². The molecular weight excluding hydrogens is 374 g/mol. The highest BCUT2D eigenvalue weighted by atomic mass is 31.2. The van der Waals surface area contributed by atoms with Gasteiger partial charge in [-0.05, 0) is 4.31 Å². The molecule has 1 fully saturated rings. The maximum Gasteiger partial charge on any atom is 0.705 e. The summed E-state index contributed by atoms with van der Waals surface area (Å²) < 4.78 is 35.8. The number of H-pyrrole nitrogens is 1. The van der Waals surface area contributed by atoms with Gasteiger partial charge in [0.2, 0.25) is 0 Å². The molecule has 0 saturated carbocycles. The Hall–Kier alpha value is -1.27. The average molecular weight is 387 g/mol. The molecule has 3 unspecified atom stereocenters. The molecule has 1 aromatic rings. The van der Waals surface area contributed by atoms with Gasteiger partial charge in [0.1, 0.15) is 18.3 Å². The van der Waals surface area contributed by atoms with Crippen LogP contribution >= 0.6 is 16.1 Å². The van der Waals surface area contributed by atoms with Crippen molar-refractivity contribution in [2.24, 2.45) is 0 Å². The first-order valence-corrected chi connectivity index (χ1v) is 8.89. The van der Waals surface area contributed by atoms with E-state index in [0.717, 1.165) is 16.8 Å². The number of hydrogen-bond donors (Lipinski definition) is 5. The summed E-state index contributed by atoms with van der Waals surface area (Å²) in [5.74, 6) is 0. The summed E-state index contributed by atoms with van der Waals surface area (Å²) in [6.07, 6.45) is -4.95. The fourth-order valence-electron chi connectivity index (χ4n) is 2.00. The largest absolute Gasteiger partial charge is 0.705 e. The summed E-state index contributed by atoms with van der Waals surface area (Å²) in [5, 5.41) is 19.8. The van der Waals surface area contributed by atoms with E-state index in [2.05, 4.69) is 8.83 Å². The molecule has 13 nitrogen and oxygen atoms in total. The Labute approximate surface area is 133 Å². The lowest BCUT2D eigenvalue weighted by atomic mass is 10.1. The van der Waals surface area contributed by atoms with Crippen molar-refractivity contribution >= 4 is 16.1 Å². The van der Waals surface area contributed by atoms with Gasteiger partial charge in [-0.25, -0.2) is 9.36 Å². The van der Waals surface area contributed by atoms with E-state index in [4.69, 9.17) is 14.5 Å². The van der Waals surface area contributed by atoms with E-state index in [1.54, 1.807) is 0 Å². The highest BCUT2D eigenvalue weighted by Gasteiger charge is 2.46. The number of aliphatic hydroxyl groups is 2. The Morgan fingerprint density at radius 1 is 1.38 bits per heavy atom. The van der Waals surface area contributed by atoms with Crippen molar-refractivity contribution in [2.75, 3.05) is 6.61 Å². The van der Waals surface area contributed by atoms with Crippen molar-refractivity contribution in [3.63, 3.8) is 0 Å². The molecule has 24 heavy (non-hydrogen) atoms. The van der Waals surface area contributed by atoms with Crippen LogP contribution in [0, 0.1) is 0 Å². The lowest BCUT2D eigenvalue weighted by Gasteiger charge is -2.16. The van der Waals surface area contributed by atoms with Crippen LogP contribution < -0.4 is 11.2 Å². The van der Waals surface area contributed by atoms with Crippen molar-refractivity contribution in [3.05, 3.63) is 33.1 Å². The number of ether oxygens (including phenoxy) is 1. The Bertz CT molecular complexity index is 775. The third-order valence-electron chi connectivity index (χ3n) is 3.04. The van der Waals surface area contributed by atoms with Crippen molar-refractivity contribution in [3.8, 4) is 0 Å². The number of nitrogens with one attached hydrogen (secondary N) is 1. The van der Waals surface area contributed by atoms with Crippen molar-refractivity contribution in [1.82, 2.24) is 9.55 Å². The minimum atomic E-state index is -4.88. The second-order valence-electron chi connectivity index (χ2n) is 4.65. The van der Waals surface area contributed by atoms with Crippen LogP contribution in [0.2, 0.25) is 0 Å². The molecule has 5 N–H and O–H groups in total. The van der Waals surface area contributed by atoms with Crippen LogP contribution in [-0.4, -0.2) is 54.5 Å².